The number of carbonyl (C=O) groups excluding carboxylic acids is 1. The van der Waals surface area contributed by atoms with Crippen molar-refractivity contribution in [2.24, 2.45) is 0 Å². The first-order chi connectivity index (χ1) is 8.22. The van der Waals surface area contributed by atoms with Crippen molar-refractivity contribution in [3.63, 3.8) is 0 Å². The zero-order chi connectivity index (χ0) is 12.3. The highest BCUT2D eigenvalue weighted by Crippen LogP contribution is 2.27. The molecule has 1 aromatic rings. The van der Waals surface area contributed by atoms with Crippen LogP contribution >= 0.6 is 0 Å². The van der Waals surface area contributed by atoms with Crippen LogP contribution in [-0.2, 0) is 6.42 Å². The number of fused-ring (bicyclic) bond motifs is 1. The second kappa shape index (κ2) is 5.30. The molecule has 0 radical (unpaired) electrons. The van der Waals surface area contributed by atoms with E-state index in [1.807, 2.05) is 13.0 Å². The summed E-state index contributed by atoms with van der Waals surface area (Å²) in [6, 6.07) is 3.22. The zero-order valence-corrected chi connectivity index (χ0v) is 10.2. The van der Waals surface area contributed by atoms with E-state index in [0.29, 0.717) is 17.7 Å². The van der Waals surface area contributed by atoms with E-state index in [-0.39, 0.29) is 11.6 Å². The van der Waals surface area contributed by atoms with Crippen molar-refractivity contribution in [3.8, 4) is 0 Å². The molecule has 2 rings (SSSR count). The fourth-order valence-electron chi connectivity index (χ4n) is 2.19. The number of hydrogen-bond acceptors (Lipinski definition) is 2. The predicted molar refractivity (Wildman–Crippen MR) is 67.1 cm³/mol. The van der Waals surface area contributed by atoms with Crippen molar-refractivity contribution in [2.75, 3.05) is 11.9 Å². The van der Waals surface area contributed by atoms with Gasteiger partial charge in [-0.25, -0.2) is 4.39 Å². The van der Waals surface area contributed by atoms with Crippen LogP contribution in [0.4, 0.5) is 10.1 Å². The average molecular weight is 235 g/mol. The molecule has 0 amide bonds. The lowest BCUT2D eigenvalue weighted by atomic mass is 9.97. The van der Waals surface area contributed by atoms with Crippen molar-refractivity contribution in [1.29, 1.82) is 0 Å². The minimum Gasteiger partial charge on any atom is -0.382 e. The molecule has 0 fully saturated rings. The Bertz CT molecular complexity index is 428. The molecule has 0 bridgehead atoms. The summed E-state index contributed by atoms with van der Waals surface area (Å²) in [5.74, 6) is -0.235. The first-order valence-electron chi connectivity index (χ1n) is 6.32. The Kier molecular flexibility index (Phi) is 3.77. The third-order valence-corrected chi connectivity index (χ3v) is 3.18. The van der Waals surface area contributed by atoms with E-state index in [0.717, 1.165) is 37.8 Å². The fourth-order valence-corrected chi connectivity index (χ4v) is 2.19. The van der Waals surface area contributed by atoms with Gasteiger partial charge < -0.3 is 5.32 Å². The van der Waals surface area contributed by atoms with Gasteiger partial charge in [-0.3, -0.25) is 4.79 Å². The highest BCUT2D eigenvalue weighted by molar-refractivity contribution is 5.96. The van der Waals surface area contributed by atoms with E-state index < -0.39 is 0 Å². The number of halogens is 1. The van der Waals surface area contributed by atoms with Gasteiger partial charge in [0.15, 0.2) is 5.78 Å². The minimum absolute atomic E-state index is 0.0547. The van der Waals surface area contributed by atoms with Crippen LogP contribution in [0.3, 0.4) is 0 Å². The molecule has 0 spiro atoms. The number of anilines is 1. The molecular formula is C14H18FNO. The average Bonchev–Trinajstić information content (AvgIpc) is 2.36. The standard InChI is InChI=1S/C14H18FNO/c1-2-3-6-13(17)11-8-10-5-4-7-16-14(10)12(15)9-11/h8-9,16H,2-7H2,1H3. The van der Waals surface area contributed by atoms with Gasteiger partial charge in [-0.15, -0.1) is 0 Å². The number of hydrogen-bond donors (Lipinski definition) is 1. The maximum absolute atomic E-state index is 13.8. The van der Waals surface area contributed by atoms with Crippen LogP contribution in [0.2, 0.25) is 0 Å². The van der Waals surface area contributed by atoms with Gasteiger partial charge in [-0.1, -0.05) is 13.3 Å². The topological polar surface area (TPSA) is 29.1 Å². The summed E-state index contributed by atoms with van der Waals surface area (Å²) in [7, 11) is 0. The van der Waals surface area contributed by atoms with Crippen LogP contribution in [-0.4, -0.2) is 12.3 Å². The number of aryl methyl sites for hydroxylation is 1. The van der Waals surface area contributed by atoms with Gasteiger partial charge in [0.2, 0.25) is 0 Å². The highest BCUT2D eigenvalue weighted by Gasteiger charge is 2.16. The van der Waals surface area contributed by atoms with Gasteiger partial charge in [0.1, 0.15) is 5.82 Å². The summed E-state index contributed by atoms with van der Waals surface area (Å²) in [4.78, 5) is 11.9. The lowest BCUT2D eigenvalue weighted by Crippen LogP contribution is -2.14. The van der Waals surface area contributed by atoms with Crippen LogP contribution in [0.25, 0.3) is 0 Å². The Morgan fingerprint density at radius 1 is 1.47 bits per heavy atom. The van der Waals surface area contributed by atoms with E-state index in [1.165, 1.54) is 6.07 Å². The molecule has 0 atom stereocenters. The second-order valence-corrected chi connectivity index (χ2v) is 4.55. The van der Waals surface area contributed by atoms with Crippen LogP contribution in [0, 0.1) is 5.82 Å². The predicted octanol–water partition coefficient (Wildman–Crippen LogP) is 3.56. The monoisotopic (exact) mass is 235 g/mol. The summed E-state index contributed by atoms with van der Waals surface area (Å²) in [6.45, 7) is 2.86. The normalized spacial score (nSPS) is 14.0. The number of Topliss-reactive ketones (excluding diaryl/α,β-unsaturated/α-hetero) is 1. The molecule has 1 aliphatic heterocycles. The van der Waals surface area contributed by atoms with Gasteiger partial charge >= 0.3 is 0 Å². The number of unbranched alkanes of at least 4 members (excludes halogenated alkanes) is 1. The number of rotatable bonds is 4. The van der Waals surface area contributed by atoms with E-state index in [1.54, 1.807) is 0 Å². The molecule has 17 heavy (non-hydrogen) atoms. The molecule has 0 saturated carbocycles. The summed E-state index contributed by atoms with van der Waals surface area (Å²) in [5.41, 5.74) is 2.05. The Balaban J connectivity index is 2.24. The molecule has 1 N–H and O–H groups in total. The SMILES string of the molecule is CCCCC(=O)c1cc(F)c2c(c1)CCCN2. The molecule has 1 aromatic carbocycles. The van der Waals surface area contributed by atoms with Crippen molar-refractivity contribution >= 4 is 11.5 Å². The molecule has 92 valence electrons. The molecule has 3 heteroatoms. The third-order valence-electron chi connectivity index (χ3n) is 3.18. The summed E-state index contributed by atoms with van der Waals surface area (Å²) < 4.78 is 13.8. The highest BCUT2D eigenvalue weighted by atomic mass is 19.1. The van der Waals surface area contributed by atoms with Gasteiger partial charge in [-0.05, 0) is 37.0 Å². The third kappa shape index (κ3) is 2.65. The number of carbonyl (C=O) groups is 1. The molecule has 0 aromatic heterocycles. The molecular weight excluding hydrogens is 217 g/mol. The quantitative estimate of drug-likeness (QED) is 0.808. The van der Waals surface area contributed by atoms with Crippen LogP contribution in [0.15, 0.2) is 12.1 Å². The largest absolute Gasteiger partial charge is 0.382 e. The smallest absolute Gasteiger partial charge is 0.162 e. The molecule has 2 nitrogen and oxygen atoms in total. The molecule has 0 unspecified atom stereocenters. The Morgan fingerprint density at radius 3 is 3.06 bits per heavy atom. The van der Waals surface area contributed by atoms with Crippen LogP contribution in [0.1, 0.15) is 48.5 Å². The van der Waals surface area contributed by atoms with Crippen LogP contribution in [0.5, 0.6) is 0 Å². The zero-order valence-electron chi connectivity index (χ0n) is 10.2. The minimum atomic E-state index is -0.290. The lowest BCUT2D eigenvalue weighted by Gasteiger charge is -2.19. The summed E-state index contributed by atoms with van der Waals surface area (Å²) in [6.07, 6.45) is 4.23. The molecule has 1 heterocycles. The second-order valence-electron chi connectivity index (χ2n) is 4.55. The van der Waals surface area contributed by atoms with E-state index in [4.69, 9.17) is 0 Å². The fraction of sp³-hybridized carbons (Fsp3) is 0.500. The number of nitrogens with one attached hydrogen (secondary N) is 1. The molecule has 0 aliphatic carbocycles. The van der Waals surface area contributed by atoms with Crippen LogP contribution < -0.4 is 5.32 Å². The number of benzene rings is 1. The van der Waals surface area contributed by atoms with Crippen molar-refractivity contribution < 1.29 is 9.18 Å². The van der Waals surface area contributed by atoms with Crippen molar-refractivity contribution in [3.05, 3.63) is 29.1 Å². The van der Waals surface area contributed by atoms with E-state index in [9.17, 15) is 9.18 Å². The lowest BCUT2D eigenvalue weighted by molar-refractivity contribution is 0.0979. The Labute approximate surface area is 101 Å². The van der Waals surface area contributed by atoms with E-state index in [2.05, 4.69) is 5.32 Å². The van der Waals surface area contributed by atoms with Gasteiger partial charge in [0.05, 0.1) is 5.69 Å². The van der Waals surface area contributed by atoms with E-state index >= 15 is 0 Å². The molecule has 1 aliphatic rings. The summed E-state index contributed by atoms with van der Waals surface area (Å²) >= 11 is 0. The van der Waals surface area contributed by atoms with Gasteiger partial charge in [0, 0.05) is 18.5 Å². The Morgan fingerprint density at radius 2 is 2.29 bits per heavy atom. The van der Waals surface area contributed by atoms with Gasteiger partial charge in [0.25, 0.3) is 0 Å². The first-order valence-corrected chi connectivity index (χ1v) is 6.32. The first kappa shape index (κ1) is 12.1. The maximum Gasteiger partial charge on any atom is 0.162 e. The van der Waals surface area contributed by atoms with Gasteiger partial charge in [-0.2, -0.15) is 0 Å². The maximum atomic E-state index is 13.8. The summed E-state index contributed by atoms with van der Waals surface area (Å²) in [5, 5.41) is 3.05. The van der Waals surface area contributed by atoms with Crippen molar-refractivity contribution in [2.45, 2.75) is 39.0 Å². The Hall–Kier alpha value is -1.38. The molecule has 0 saturated heterocycles. The number of ketones is 1. The van der Waals surface area contributed by atoms with Crippen molar-refractivity contribution in [1.82, 2.24) is 0 Å².